The number of nitrogens with zero attached hydrogens (tertiary/aromatic N) is 4. The second-order valence-electron chi connectivity index (χ2n) is 8.19. The van der Waals surface area contributed by atoms with Crippen LogP contribution in [0.5, 0.6) is 0 Å². The number of aromatic nitrogens is 3. The Bertz CT molecular complexity index is 1000. The van der Waals surface area contributed by atoms with E-state index in [2.05, 4.69) is 44.5 Å². The zero-order valence-electron chi connectivity index (χ0n) is 17.1. The normalized spacial score (nSPS) is 22.2. The van der Waals surface area contributed by atoms with Gasteiger partial charge in [0.05, 0.1) is 24.4 Å². The maximum atomic E-state index is 6.19. The summed E-state index contributed by atoms with van der Waals surface area (Å²) in [7, 11) is 0. The molecule has 30 heavy (non-hydrogen) atoms. The third-order valence-corrected chi connectivity index (χ3v) is 6.05. The number of benzene rings is 1. The van der Waals surface area contributed by atoms with E-state index in [1.807, 2.05) is 6.07 Å². The smallest absolute Gasteiger partial charge is 0.155 e. The van der Waals surface area contributed by atoms with Crippen LogP contribution in [0.2, 0.25) is 0 Å². The Labute approximate surface area is 176 Å². The Kier molecular flexibility index (Phi) is 5.46. The van der Waals surface area contributed by atoms with Gasteiger partial charge in [-0.25, -0.2) is 9.97 Å². The number of pyridine rings is 1. The number of morpholine rings is 1. The predicted octanol–water partition coefficient (Wildman–Crippen LogP) is 3.21. The summed E-state index contributed by atoms with van der Waals surface area (Å²) < 4.78 is 5.46. The molecule has 1 aromatic carbocycles. The topological polar surface area (TPSA) is 89.2 Å². The number of nitrogens with one attached hydrogen (secondary N) is 1. The molecule has 2 fully saturated rings. The van der Waals surface area contributed by atoms with Gasteiger partial charge >= 0.3 is 0 Å². The molecule has 2 aromatic heterocycles. The molecule has 7 nitrogen and oxygen atoms in total. The van der Waals surface area contributed by atoms with Crippen molar-refractivity contribution in [3.63, 3.8) is 0 Å². The summed E-state index contributed by atoms with van der Waals surface area (Å²) in [6.45, 7) is 3.43. The van der Waals surface area contributed by atoms with E-state index in [0.717, 1.165) is 80.1 Å². The van der Waals surface area contributed by atoms with Crippen molar-refractivity contribution in [2.24, 2.45) is 5.73 Å². The first-order valence-electron chi connectivity index (χ1n) is 10.8. The van der Waals surface area contributed by atoms with Gasteiger partial charge in [-0.05, 0) is 43.9 Å². The number of hydrogen-bond acceptors (Lipinski definition) is 7. The first-order chi connectivity index (χ1) is 14.8. The third kappa shape index (κ3) is 4.08. The number of ether oxygens (including phenoxy) is 1. The zero-order chi connectivity index (χ0) is 20.3. The fourth-order valence-corrected chi connectivity index (χ4v) is 4.44. The number of nitrogens with two attached hydrogens (primary N) is 1. The molecule has 7 heteroatoms. The van der Waals surface area contributed by atoms with Crippen LogP contribution >= 0.6 is 0 Å². The van der Waals surface area contributed by atoms with Gasteiger partial charge in [0, 0.05) is 48.8 Å². The van der Waals surface area contributed by atoms with Crippen LogP contribution in [0.25, 0.3) is 22.3 Å². The summed E-state index contributed by atoms with van der Waals surface area (Å²) in [4.78, 5) is 16.4. The van der Waals surface area contributed by atoms with E-state index in [1.54, 1.807) is 12.4 Å². The molecule has 156 valence electrons. The molecule has 1 aliphatic carbocycles. The van der Waals surface area contributed by atoms with Crippen LogP contribution in [0.1, 0.15) is 25.7 Å². The van der Waals surface area contributed by atoms with Crippen molar-refractivity contribution in [3.05, 3.63) is 42.7 Å². The number of rotatable bonds is 4. The van der Waals surface area contributed by atoms with Crippen LogP contribution in [-0.4, -0.2) is 53.3 Å². The van der Waals surface area contributed by atoms with Gasteiger partial charge in [-0.3, -0.25) is 4.98 Å². The molecule has 3 aromatic rings. The summed E-state index contributed by atoms with van der Waals surface area (Å²) in [5.74, 6) is 0.798. The van der Waals surface area contributed by atoms with E-state index in [-0.39, 0.29) is 6.04 Å². The first-order valence-corrected chi connectivity index (χ1v) is 10.8. The highest BCUT2D eigenvalue weighted by molar-refractivity contribution is 5.88. The molecule has 3 N–H and O–H groups in total. The molecule has 0 radical (unpaired) electrons. The van der Waals surface area contributed by atoms with Crippen LogP contribution < -0.4 is 16.0 Å². The molecule has 1 saturated carbocycles. The quantitative estimate of drug-likeness (QED) is 0.690. The molecule has 0 bridgehead atoms. The lowest BCUT2D eigenvalue weighted by Gasteiger charge is -2.29. The standard InChI is InChI=1S/C23H28N6O/c24-17-2-1-3-18(14-17)27-23-22-21(25-8-9-26-22)15-20(28-23)16-4-6-19(7-5-16)29-10-12-30-13-11-29/h4-9,15,17-18H,1-3,10-14,24H2,(H,27,28)/t17-,18+/m1/s1. The molecule has 3 heterocycles. The molecule has 2 aliphatic rings. The largest absolute Gasteiger partial charge is 0.378 e. The van der Waals surface area contributed by atoms with Crippen molar-refractivity contribution in [1.82, 2.24) is 15.0 Å². The van der Waals surface area contributed by atoms with Crippen LogP contribution in [0.15, 0.2) is 42.7 Å². The predicted molar refractivity (Wildman–Crippen MR) is 120 cm³/mol. The van der Waals surface area contributed by atoms with Crippen LogP contribution in [0, 0.1) is 0 Å². The van der Waals surface area contributed by atoms with Crippen molar-refractivity contribution in [2.75, 3.05) is 36.5 Å². The Balaban J connectivity index is 1.45. The minimum Gasteiger partial charge on any atom is -0.378 e. The maximum Gasteiger partial charge on any atom is 0.155 e. The van der Waals surface area contributed by atoms with E-state index >= 15 is 0 Å². The lowest BCUT2D eigenvalue weighted by atomic mass is 9.91. The van der Waals surface area contributed by atoms with E-state index in [1.165, 1.54) is 5.69 Å². The number of fused-ring (bicyclic) bond motifs is 1. The van der Waals surface area contributed by atoms with E-state index in [0.29, 0.717) is 6.04 Å². The number of hydrogen-bond donors (Lipinski definition) is 2. The van der Waals surface area contributed by atoms with Gasteiger partial charge in [0.2, 0.25) is 0 Å². The molecule has 5 rings (SSSR count). The molecule has 0 unspecified atom stereocenters. The van der Waals surface area contributed by atoms with Crippen LogP contribution in [-0.2, 0) is 4.74 Å². The van der Waals surface area contributed by atoms with Gasteiger partial charge in [-0.15, -0.1) is 0 Å². The highest BCUT2D eigenvalue weighted by atomic mass is 16.5. The fraction of sp³-hybridized carbons (Fsp3) is 0.435. The van der Waals surface area contributed by atoms with Gasteiger partial charge in [0.15, 0.2) is 5.82 Å². The maximum absolute atomic E-state index is 6.19. The van der Waals surface area contributed by atoms with Gasteiger partial charge in [-0.1, -0.05) is 12.1 Å². The lowest BCUT2D eigenvalue weighted by molar-refractivity contribution is 0.122. The SMILES string of the molecule is N[C@@H]1CCC[C@H](Nc2nc(-c3ccc(N4CCOCC4)cc3)cc3nccnc23)C1. The monoisotopic (exact) mass is 404 g/mol. The van der Waals surface area contributed by atoms with Crippen LogP contribution in [0.4, 0.5) is 11.5 Å². The van der Waals surface area contributed by atoms with Crippen LogP contribution in [0.3, 0.4) is 0 Å². The minimum atomic E-state index is 0.254. The average molecular weight is 405 g/mol. The van der Waals surface area contributed by atoms with Gasteiger partial charge in [0.25, 0.3) is 0 Å². The Morgan fingerprint density at radius 3 is 2.63 bits per heavy atom. The van der Waals surface area contributed by atoms with E-state index in [9.17, 15) is 0 Å². The van der Waals surface area contributed by atoms with Crippen molar-refractivity contribution in [2.45, 2.75) is 37.8 Å². The lowest BCUT2D eigenvalue weighted by Crippen LogP contribution is -2.36. The van der Waals surface area contributed by atoms with Gasteiger partial charge in [-0.2, -0.15) is 0 Å². The highest BCUT2D eigenvalue weighted by Gasteiger charge is 2.21. The Hall–Kier alpha value is -2.77. The third-order valence-electron chi connectivity index (χ3n) is 6.05. The fourth-order valence-electron chi connectivity index (χ4n) is 4.44. The Morgan fingerprint density at radius 2 is 1.83 bits per heavy atom. The van der Waals surface area contributed by atoms with Crippen molar-refractivity contribution in [1.29, 1.82) is 0 Å². The summed E-state index contributed by atoms with van der Waals surface area (Å²) in [6.07, 6.45) is 7.76. The number of anilines is 2. The summed E-state index contributed by atoms with van der Waals surface area (Å²) >= 11 is 0. The highest BCUT2D eigenvalue weighted by Crippen LogP contribution is 2.29. The molecule has 1 aliphatic heterocycles. The summed E-state index contributed by atoms with van der Waals surface area (Å²) in [6, 6.07) is 11.2. The molecule has 0 spiro atoms. The zero-order valence-corrected chi connectivity index (χ0v) is 17.1. The first kappa shape index (κ1) is 19.2. The van der Waals surface area contributed by atoms with E-state index in [4.69, 9.17) is 15.5 Å². The van der Waals surface area contributed by atoms with E-state index < -0.39 is 0 Å². The Morgan fingerprint density at radius 1 is 1.03 bits per heavy atom. The van der Waals surface area contributed by atoms with Gasteiger partial charge in [0.1, 0.15) is 5.52 Å². The molecule has 1 saturated heterocycles. The second kappa shape index (κ2) is 8.53. The van der Waals surface area contributed by atoms with Crippen molar-refractivity contribution in [3.8, 4) is 11.3 Å². The van der Waals surface area contributed by atoms with Crippen molar-refractivity contribution >= 4 is 22.5 Å². The minimum absolute atomic E-state index is 0.254. The summed E-state index contributed by atoms with van der Waals surface area (Å²) in [5, 5.41) is 3.61. The molecular weight excluding hydrogens is 376 g/mol. The second-order valence-corrected chi connectivity index (χ2v) is 8.19. The average Bonchev–Trinajstić information content (AvgIpc) is 2.80. The summed E-state index contributed by atoms with van der Waals surface area (Å²) in [5.41, 5.74) is 11.0. The van der Waals surface area contributed by atoms with Crippen molar-refractivity contribution < 1.29 is 4.74 Å². The molecular formula is C23H28N6O. The molecule has 2 atom stereocenters. The van der Waals surface area contributed by atoms with Gasteiger partial charge < -0.3 is 20.7 Å². The molecule has 0 amide bonds.